The molecule has 10 aromatic rings. The van der Waals surface area contributed by atoms with Gasteiger partial charge in [0, 0.05) is 43.9 Å². The topological polar surface area (TPSA) is 55.1 Å². The van der Waals surface area contributed by atoms with Gasteiger partial charge in [-0.25, -0.2) is 9.98 Å². The molecular formula is C52H36N4O. The molecule has 0 spiro atoms. The number of furan rings is 1. The molecule has 0 atom stereocenters. The van der Waals surface area contributed by atoms with E-state index in [0.717, 1.165) is 72.1 Å². The predicted molar refractivity (Wildman–Crippen MR) is 238 cm³/mol. The Bertz CT molecular complexity index is 3140. The Labute approximate surface area is 330 Å². The van der Waals surface area contributed by atoms with Crippen LogP contribution < -0.4 is 0 Å². The second kappa shape index (κ2) is 14.5. The van der Waals surface area contributed by atoms with Gasteiger partial charge >= 0.3 is 0 Å². The number of nitrogens with zero attached hydrogens (tertiary/aromatic N) is 4. The maximum absolute atomic E-state index is 6.74. The third-order valence-electron chi connectivity index (χ3n) is 10.6. The first kappa shape index (κ1) is 33.9. The van der Waals surface area contributed by atoms with Gasteiger partial charge in [0.25, 0.3) is 0 Å². The van der Waals surface area contributed by atoms with E-state index in [4.69, 9.17) is 14.4 Å². The van der Waals surface area contributed by atoms with Crippen LogP contribution in [-0.4, -0.2) is 23.0 Å². The molecule has 0 bridgehead atoms. The summed E-state index contributed by atoms with van der Waals surface area (Å²) in [5.74, 6) is 1.14. The lowest BCUT2D eigenvalue weighted by molar-refractivity contribution is 0.670. The van der Waals surface area contributed by atoms with Crippen LogP contribution in [0.3, 0.4) is 0 Å². The fourth-order valence-electron chi connectivity index (χ4n) is 7.91. The summed E-state index contributed by atoms with van der Waals surface area (Å²) in [5, 5.41) is 4.63. The molecule has 0 saturated carbocycles. The van der Waals surface area contributed by atoms with E-state index < -0.39 is 0 Å². The molecule has 5 nitrogen and oxygen atoms in total. The van der Waals surface area contributed by atoms with Gasteiger partial charge in [0.1, 0.15) is 11.2 Å². The Hall–Kier alpha value is -7.63. The van der Waals surface area contributed by atoms with E-state index in [-0.39, 0.29) is 0 Å². The molecule has 0 amide bonds. The number of hydrogen-bond donors (Lipinski definition) is 0. The summed E-state index contributed by atoms with van der Waals surface area (Å²) in [6.07, 6.45) is 0. The fraction of sp³-hybridized carbons (Fsp3) is 0.0192. The predicted octanol–water partition coefficient (Wildman–Crippen LogP) is 13.1. The van der Waals surface area contributed by atoms with E-state index in [1.54, 1.807) is 0 Å². The normalized spacial score (nSPS) is 12.2. The Morgan fingerprint density at radius 2 is 1.11 bits per heavy atom. The maximum Gasteiger partial charge on any atom is 0.161 e. The first-order chi connectivity index (χ1) is 28.2. The van der Waals surface area contributed by atoms with Crippen LogP contribution in [0.25, 0.3) is 71.7 Å². The van der Waals surface area contributed by atoms with Crippen molar-refractivity contribution in [1.82, 2.24) is 4.57 Å². The summed E-state index contributed by atoms with van der Waals surface area (Å²) in [4.78, 5) is 14.2. The monoisotopic (exact) mass is 732 g/mol. The van der Waals surface area contributed by atoms with Crippen LogP contribution in [0, 0.1) is 0 Å². The van der Waals surface area contributed by atoms with E-state index in [1.807, 2.05) is 72.8 Å². The van der Waals surface area contributed by atoms with Gasteiger partial charge in [0.15, 0.2) is 11.7 Å². The van der Waals surface area contributed by atoms with Crippen LogP contribution in [0.4, 0.5) is 0 Å². The lowest BCUT2D eigenvalue weighted by Crippen LogP contribution is -2.05. The van der Waals surface area contributed by atoms with E-state index in [9.17, 15) is 0 Å². The Morgan fingerprint density at radius 3 is 1.84 bits per heavy atom. The highest BCUT2D eigenvalue weighted by molar-refractivity contribution is 6.15. The van der Waals surface area contributed by atoms with Crippen LogP contribution in [0.2, 0.25) is 0 Å². The molecule has 0 radical (unpaired) electrons. The van der Waals surface area contributed by atoms with Gasteiger partial charge in [-0.1, -0.05) is 158 Å². The van der Waals surface area contributed by atoms with Gasteiger partial charge in [-0.3, -0.25) is 4.99 Å². The number of fused-ring (bicyclic) bond motifs is 6. The quantitative estimate of drug-likeness (QED) is 0.119. The molecule has 0 aliphatic rings. The Balaban J connectivity index is 1.09. The molecule has 0 N–H and O–H groups in total. The first-order valence-corrected chi connectivity index (χ1v) is 19.1. The lowest BCUT2D eigenvalue weighted by atomic mass is 9.91. The van der Waals surface area contributed by atoms with Crippen molar-refractivity contribution in [3.8, 4) is 27.9 Å². The average molecular weight is 733 g/mol. The van der Waals surface area contributed by atoms with E-state index in [2.05, 4.69) is 138 Å². The number of benzene rings is 8. The smallest absolute Gasteiger partial charge is 0.161 e. The van der Waals surface area contributed by atoms with Gasteiger partial charge in [0.2, 0.25) is 0 Å². The third kappa shape index (κ3) is 6.21. The summed E-state index contributed by atoms with van der Waals surface area (Å²) in [7, 11) is 0. The average Bonchev–Trinajstić information content (AvgIpc) is 3.83. The number of aromatic nitrogens is 1. The van der Waals surface area contributed by atoms with Crippen molar-refractivity contribution in [1.29, 1.82) is 0 Å². The molecule has 0 unspecified atom stereocenters. The van der Waals surface area contributed by atoms with Crippen molar-refractivity contribution >= 4 is 62.1 Å². The summed E-state index contributed by atoms with van der Waals surface area (Å²) in [5.41, 5.74) is 12.4. The van der Waals surface area contributed by atoms with Crippen LogP contribution in [-0.2, 0) is 6.54 Å². The van der Waals surface area contributed by atoms with Gasteiger partial charge in [0.05, 0.1) is 17.6 Å². The summed E-state index contributed by atoms with van der Waals surface area (Å²) >= 11 is 0. The molecule has 8 aromatic carbocycles. The number of rotatable bonds is 7. The molecule has 0 aliphatic heterocycles. The van der Waals surface area contributed by atoms with Gasteiger partial charge in [-0.2, -0.15) is 0 Å². The molecule has 10 rings (SSSR count). The minimum atomic E-state index is 0.448. The molecule has 0 saturated heterocycles. The van der Waals surface area contributed by atoms with E-state index in [0.29, 0.717) is 18.2 Å². The van der Waals surface area contributed by atoms with Crippen LogP contribution in [0.15, 0.2) is 214 Å². The molecule has 270 valence electrons. The number of hydrogen-bond acceptors (Lipinski definition) is 2. The zero-order valence-corrected chi connectivity index (χ0v) is 31.1. The highest BCUT2D eigenvalue weighted by atomic mass is 16.3. The lowest BCUT2D eigenvalue weighted by Gasteiger charge is -2.13. The summed E-state index contributed by atoms with van der Waals surface area (Å²) < 4.78 is 9.11. The second-order valence-electron chi connectivity index (χ2n) is 14.0. The molecule has 5 heteroatoms. The third-order valence-corrected chi connectivity index (χ3v) is 10.6. The number of aliphatic imine (C=N–C) groups is 3. The first-order valence-electron chi connectivity index (χ1n) is 19.1. The van der Waals surface area contributed by atoms with E-state index >= 15 is 0 Å². The Morgan fingerprint density at radius 1 is 0.509 bits per heavy atom. The number of amidine groups is 2. The molecular weight excluding hydrogens is 697 g/mol. The fourth-order valence-corrected chi connectivity index (χ4v) is 7.91. The standard InChI is InChI=1S/C52H36N4O/c1-53-51(37-15-5-2-6-16-37)55-52(38-17-7-3-8-18-38)54-34-35-25-27-36(28-26-35)41-31-32-45-44-22-12-14-24-48(44)57-50(45)49(41)39-29-30-43-42-21-11-13-23-46(42)56(47(43)33-39)40-19-9-4-10-20-40/h2-33H,1,34H2. The van der Waals surface area contributed by atoms with Crippen molar-refractivity contribution in [3.05, 3.63) is 211 Å². The largest absolute Gasteiger partial charge is 0.455 e. The minimum absolute atomic E-state index is 0.448. The Kier molecular flexibility index (Phi) is 8.65. The van der Waals surface area contributed by atoms with Crippen molar-refractivity contribution in [2.45, 2.75) is 6.54 Å². The van der Waals surface area contributed by atoms with Gasteiger partial charge < -0.3 is 8.98 Å². The summed E-state index contributed by atoms with van der Waals surface area (Å²) in [6.45, 7) is 4.25. The van der Waals surface area contributed by atoms with Crippen molar-refractivity contribution in [2.75, 3.05) is 0 Å². The zero-order valence-electron chi connectivity index (χ0n) is 31.1. The SMILES string of the molecule is C=NC(=NC(=NCc1ccc(-c2ccc3c(oc4ccccc43)c2-c2ccc3c4ccccc4n(-c4ccccc4)c3c2)cc1)c1ccccc1)c1ccccc1. The highest BCUT2D eigenvalue weighted by Gasteiger charge is 2.20. The van der Waals surface area contributed by atoms with Crippen LogP contribution >= 0.6 is 0 Å². The maximum atomic E-state index is 6.74. The van der Waals surface area contributed by atoms with Gasteiger partial charge in [-0.15, -0.1) is 0 Å². The molecule has 0 fully saturated rings. The van der Waals surface area contributed by atoms with Crippen molar-refractivity contribution < 1.29 is 4.42 Å². The molecule has 57 heavy (non-hydrogen) atoms. The van der Waals surface area contributed by atoms with Crippen molar-refractivity contribution in [2.24, 2.45) is 15.0 Å². The zero-order chi connectivity index (χ0) is 38.1. The molecule has 2 heterocycles. The second-order valence-corrected chi connectivity index (χ2v) is 14.0. The number of para-hydroxylation sites is 3. The molecule has 0 aliphatic carbocycles. The summed E-state index contributed by atoms with van der Waals surface area (Å²) in [6, 6.07) is 67.3. The van der Waals surface area contributed by atoms with Crippen molar-refractivity contribution in [3.63, 3.8) is 0 Å². The van der Waals surface area contributed by atoms with Gasteiger partial charge in [-0.05, 0) is 65.4 Å². The van der Waals surface area contributed by atoms with Crippen LogP contribution in [0.5, 0.6) is 0 Å². The van der Waals surface area contributed by atoms with Crippen LogP contribution in [0.1, 0.15) is 16.7 Å². The molecule has 2 aromatic heterocycles. The minimum Gasteiger partial charge on any atom is -0.455 e. The highest BCUT2D eigenvalue weighted by Crippen LogP contribution is 2.44. The van der Waals surface area contributed by atoms with E-state index in [1.165, 1.54) is 16.3 Å².